The summed E-state index contributed by atoms with van der Waals surface area (Å²) in [4.78, 5) is 16.6. The van der Waals surface area contributed by atoms with Gasteiger partial charge in [-0.1, -0.05) is 35.0 Å². The van der Waals surface area contributed by atoms with Crippen LogP contribution in [0.25, 0.3) is 17.1 Å². The van der Waals surface area contributed by atoms with Crippen molar-refractivity contribution in [2.24, 2.45) is 0 Å². The van der Waals surface area contributed by atoms with Gasteiger partial charge in [-0.05, 0) is 72.6 Å². The molecular weight excluding hydrogens is 541 g/mol. The number of nitrogens with zero attached hydrogens (tertiary/aromatic N) is 3. The summed E-state index contributed by atoms with van der Waals surface area (Å²) >= 11 is 3.39. The first-order valence-electron chi connectivity index (χ1n) is 10.8. The van der Waals surface area contributed by atoms with E-state index in [1.165, 1.54) is 35.3 Å². The number of nitrogens with one attached hydrogen (secondary N) is 1. The first-order valence-corrected chi connectivity index (χ1v) is 11.6. The van der Waals surface area contributed by atoms with E-state index in [4.69, 9.17) is 4.74 Å². The van der Waals surface area contributed by atoms with E-state index in [0.717, 1.165) is 10.0 Å². The first kappa shape index (κ1) is 25.2. The Labute approximate surface area is 213 Å². The number of amides is 1. The Morgan fingerprint density at radius 2 is 1.69 bits per heavy atom. The lowest BCUT2D eigenvalue weighted by molar-refractivity contribution is -0.274. The molecule has 1 N–H and O–H groups in total. The lowest BCUT2D eigenvalue weighted by Crippen LogP contribution is -2.17. The molecule has 1 aromatic heterocycles. The van der Waals surface area contributed by atoms with Crippen molar-refractivity contribution in [3.63, 3.8) is 0 Å². The monoisotopic (exact) mass is 560 g/mol. The van der Waals surface area contributed by atoms with Gasteiger partial charge in [0.05, 0.1) is 5.69 Å². The van der Waals surface area contributed by atoms with E-state index in [-0.39, 0.29) is 11.9 Å². The number of halogens is 4. The topological polar surface area (TPSA) is 78.3 Å². The maximum atomic E-state index is 12.4. The Kier molecular flexibility index (Phi) is 7.58. The van der Waals surface area contributed by atoms with Crippen molar-refractivity contribution in [3.05, 3.63) is 89.2 Å². The molecule has 1 heterocycles. The van der Waals surface area contributed by atoms with Gasteiger partial charge in [0.1, 0.15) is 18.2 Å². The predicted octanol–water partition coefficient (Wildman–Crippen LogP) is 7.30. The zero-order valence-electron chi connectivity index (χ0n) is 18.9. The van der Waals surface area contributed by atoms with E-state index in [0.29, 0.717) is 29.2 Å². The average molecular weight is 561 g/mol. The molecule has 1 atom stereocenters. The van der Waals surface area contributed by atoms with Crippen LogP contribution in [0.3, 0.4) is 0 Å². The van der Waals surface area contributed by atoms with Crippen LogP contribution in [0.2, 0.25) is 0 Å². The van der Waals surface area contributed by atoms with Gasteiger partial charge in [-0.25, -0.2) is 14.5 Å². The van der Waals surface area contributed by atoms with Crippen LogP contribution in [0.4, 0.5) is 23.7 Å². The first-order chi connectivity index (χ1) is 17.2. The average Bonchev–Trinajstić information content (AvgIpc) is 3.33. The van der Waals surface area contributed by atoms with Crippen molar-refractivity contribution in [1.82, 2.24) is 14.8 Å². The van der Waals surface area contributed by atoms with E-state index in [1.807, 2.05) is 31.2 Å². The van der Waals surface area contributed by atoms with E-state index < -0.39 is 12.5 Å². The van der Waals surface area contributed by atoms with Crippen LogP contribution in [0, 0.1) is 0 Å². The Morgan fingerprint density at radius 1 is 1.03 bits per heavy atom. The fourth-order valence-electron chi connectivity index (χ4n) is 3.36. The van der Waals surface area contributed by atoms with Crippen molar-refractivity contribution >= 4 is 27.7 Å². The second-order valence-electron chi connectivity index (χ2n) is 7.61. The van der Waals surface area contributed by atoms with Gasteiger partial charge in [-0.2, -0.15) is 0 Å². The van der Waals surface area contributed by atoms with Crippen molar-refractivity contribution in [3.8, 4) is 22.8 Å². The molecular formula is C25H20BrF3N4O3. The fourth-order valence-corrected chi connectivity index (χ4v) is 3.63. The second-order valence-corrected chi connectivity index (χ2v) is 8.53. The van der Waals surface area contributed by atoms with Crippen molar-refractivity contribution in [1.29, 1.82) is 0 Å². The SMILES string of the molecule is CCC(OC(=O)Nc1ccc(-c2ncn(-c3ccc(OC(F)(F)F)cc3)n2)cc1)c1ccc(Br)cc1. The molecule has 7 nitrogen and oxygen atoms in total. The molecule has 0 saturated carbocycles. The minimum Gasteiger partial charge on any atom is -0.441 e. The molecule has 0 fully saturated rings. The minimum absolute atomic E-state index is 0.324. The molecule has 0 bridgehead atoms. The van der Waals surface area contributed by atoms with Crippen LogP contribution in [-0.4, -0.2) is 27.2 Å². The summed E-state index contributed by atoms with van der Waals surface area (Å²) in [5, 5.41) is 7.07. The van der Waals surface area contributed by atoms with Gasteiger partial charge in [0.15, 0.2) is 5.82 Å². The number of ether oxygens (including phenoxy) is 2. The van der Waals surface area contributed by atoms with Crippen LogP contribution in [-0.2, 0) is 4.74 Å². The third-order valence-electron chi connectivity index (χ3n) is 5.08. The zero-order valence-corrected chi connectivity index (χ0v) is 20.5. The molecule has 1 unspecified atom stereocenters. The molecule has 0 radical (unpaired) electrons. The summed E-state index contributed by atoms with van der Waals surface area (Å²) < 4.78 is 48.8. The highest BCUT2D eigenvalue weighted by molar-refractivity contribution is 9.10. The lowest BCUT2D eigenvalue weighted by Gasteiger charge is -2.17. The second kappa shape index (κ2) is 10.8. The number of aromatic nitrogens is 3. The van der Waals surface area contributed by atoms with Gasteiger partial charge in [0, 0.05) is 15.7 Å². The highest BCUT2D eigenvalue weighted by Gasteiger charge is 2.31. The summed E-state index contributed by atoms with van der Waals surface area (Å²) in [5.41, 5.74) is 2.64. The summed E-state index contributed by atoms with van der Waals surface area (Å²) in [6.45, 7) is 1.94. The molecule has 0 saturated heterocycles. The van der Waals surface area contributed by atoms with E-state index >= 15 is 0 Å². The molecule has 4 aromatic rings. The molecule has 36 heavy (non-hydrogen) atoms. The van der Waals surface area contributed by atoms with Crippen LogP contribution in [0.1, 0.15) is 25.0 Å². The Balaban J connectivity index is 1.38. The lowest BCUT2D eigenvalue weighted by atomic mass is 10.1. The van der Waals surface area contributed by atoms with Crippen LogP contribution in [0.15, 0.2) is 83.6 Å². The van der Waals surface area contributed by atoms with E-state index in [9.17, 15) is 18.0 Å². The van der Waals surface area contributed by atoms with Crippen molar-refractivity contribution in [2.75, 3.05) is 5.32 Å². The Morgan fingerprint density at radius 3 is 2.31 bits per heavy atom. The molecule has 3 aromatic carbocycles. The number of hydrogen-bond donors (Lipinski definition) is 1. The largest absolute Gasteiger partial charge is 0.573 e. The van der Waals surface area contributed by atoms with E-state index in [1.54, 1.807) is 24.3 Å². The number of hydrogen-bond acceptors (Lipinski definition) is 5. The summed E-state index contributed by atoms with van der Waals surface area (Å²) in [6.07, 6.45) is -3.62. The molecule has 1 amide bonds. The molecule has 0 aliphatic carbocycles. The maximum absolute atomic E-state index is 12.4. The van der Waals surface area contributed by atoms with Gasteiger partial charge >= 0.3 is 12.5 Å². The molecule has 186 valence electrons. The van der Waals surface area contributed by atoms with Gasteiger partial charge in [-0.3, -0.25) is 5.32 Å². The zero-order chi connectivity index (χ0) is 25.7. The molecule has 4 rings (SSSR count). The van der Waals surface area contributed by atoms with Crippen molar-refractivity contribution in [2.45, 2.75) is 25.8 Å². The molecule has 0 spiro atoms. The van der Waals surface area contributed by atoms with Crippen LogP contribution < -0.4 is 10.1 Å². The Hall–Kier alpha value is -3.86. The number of alkyl halides is 3. The third-order valence-corrected chi connectivity index (χ3v) is 5.61. The summed E-state index contributed by atoms with van der Waals surface area (Å²) in [6, 6.07) is 19.7. The normalized spacial score (nSPS) is 12.1. The quantitative estimate of drug-likeness (QED) is 0.256. The Bertz CT molecular complexity index is 1310. The van der Waals surface area contributed by atoms with E-state index in [2.05, 4.69) is 36.1 Å². The highest BCUT2D eigenvalue weighted by atomic mass is 79.9. The standard InChI is InChI=1S/C25H20BrF3N4O3/c1-2-22(16-3-7-18(26)8-4-16)35-24(34)31-19-9-5-17(6-10-19)23-30-15-33(32-23)20-11-13-21(14-12-20)36-25(27,28)29/h3-15,22H,2H2,1H3,(H,31,34). The number of rotatable bonds is 7. The fraction of sp³-hybridized carbons (Fsp3) is 0.160. The number of benzene rings is 3. The molecule has 0 aliphatic rings. The van der Waals surface area contributed by atoms with Crippen LogP contribution in [0.5, 0.6) is 5.75 Å². The van der Waals surface area contributed by atoms with Gasteiger partial charge in [0.2, 0.25) is 0 Å². The number of carbonyl (C=O) groups is 1. The summed E-state index contributed by atoms with van der Waals surface area (Å²) in [7, 11) is 0. The molecule has 11 heteroatoms. The maximum Gasteiger partial charge on any atom is 0.573 e. The predicted molar refractivity (Wildman–Crippen MR) is 131 cm³/mol. The van der Waals surface area contributed by atoms with Gasteiger partial charge in [0.25, 0.3) is 0 Å². The van der Waals surface area contributed by atoms with Crippen LogP contribution >= 0.6 is 15.9 Å². The van der Waals surface area contributed by atoms with Gasteiger partial charge < -0.3 is 9.47 Å². The van der Waals surface area contributed by atoms with Crippen molar-refractivity contribution < 1.29 is 27.4 Å². The third kappa shape index (κ3) is 6.63. The smallest absolute Gasteiger partial charge is 0.441 e. The summed E-state index contributed by atoms with van der Waals surface area (Å²) in [5.74, 6) is 0.0799. The highest BCUT2D eigenvalue weighted by Crippen LogP contribution is 2.26. The molecule has 0 aliphatic heterocycles. The minimum atomic E-state index is -4.75. The van der Waals surface area contributed by atoms with Gasteiger partial charge in [-0.15, -0.1) is 18.3 Å². The number of anilines is 1. The number of carbonyl (C=O) groups excluding carboxylic acids is 1.